The Hall–Kier alpha value is -0.458. The first-order valence-electron chi connectivity index (χ1n) is 0.707. The Bertz CT molecular complexity index is 16.0. The normalized spacial score (nSPS) is 1.50. The van der Waals surface area contributed by atoms with Crippen LogP contribution in [0.5, 0.6) is 0 Å². The Morgan fingerprint density at radius 3 is 0.625 bits per heavy atom. The van der Waals surface area contributed by atoms with E-state index in [1.54, 1.807) is 0 Å². The monoisotopic (exact) mass is 154 g/mol. The third kappa shape index (κ3) is 546. The number of hydrogen-bond acceptors (Lipinski definition) is 3. The molecule has 0 amide bonds. The zero-order valence-corrected chi connectivity index (χ0v) is 5.64. The van der Waals surface area contributed by atoms with Crippen LogP contribution in [-0.2, 0) is 31.7 Å². The summed E-state index contributed by atoms with van der Waals surface area (Å²) in [6.45, 7) is 9.75. The largest absolute Gasteiger partial charge is 4.00 e. The van der Waals surface area contributed by atoms with Crippen LogP contribution in [0.25, 0.3) is 0 Å². The van der Waals surface area contributed by atoms with Gasteiger partial charge in [-0.15, -0.1) is 0 Å². The Labute approximate surface area is 60.2 Å². The van der Waals surface area contributed by atoms with Gasteiger partial charge < -0.3 is 21.8 Å². The summed E-state index contributed by atoms with van der Waals surface area (Å²) in [6.07, 6.45) is 0. The standard InChI is InChI=1S/3CHO.CH3.Cr/c3*1-2;;/h3*1H;1H3;/q4*-1;+4. The smallest absolute Gasteiger partial charge is 0.545 e. The molecule has 0 spiro atoms. The Morgan fingerprint density at radius 2 is 0.625 bits per heavy atom. The minimum absolute atomic E-state index is 0. The van der Waals surface area contributed by atoms with Gasteiger partial charge in [0.25, 0.3) is 0 Å². The summed E-state index contributed by atoms with van der Waals surface area (Å²) in [7, 11) is 0. The summed E-state index contributed by atoms with van der Waals surface area (Å²) in [5.74, 6) is 0. The zero-order chi connectivity index (χ0) is 6.00. The van der Waals surface area contributed by atoms with Crippen molar-refractivity contribution in [2.24, 2.45) is 0 Å². The maximum absolute atomic E-state index is 7.75. The van der Waals surface area contributed by atoms with Gasteiger partial charge in [0.05, 0.1) is 0 Å². The fourth-order valence-electron chi connectivity index (χ4n) is 0. The minimum atomic E-state index is 0. The Balaban J connectivity index is -0.00000000500. The molecule has 8 heavy (non-hydrogen) atoms. The molecule has 0 N–H and O–H groups in total. The average molecular weight is 154 g/mol. The Kier molecular flexibility index (Phi) is 5990. The van der Waals surface area contributed by atoms with Crippen LogP contribution in [0, 0.1) is 7.43 Å². The van der Waals surface area contributed by atoms with Gasteiger partial charge in [0.2, 0.25) is 0 Å². The first-order chi connectivity index (χ1) is 3.00. The van der Waals surface area contributed by atoms with E-state index in [1.165, 1.54) is 0 Å². The molecule has 0 unspecified atom stereocenters. The molecule has 0 radical (unpaired) electrons. The minimum Gasteiger partial charge on any atom is -0.545 e. The summed E-state index contributed by atoms with van der Waals surface area (Å²) < 4.78 is 0. The van der Waals surface area contributed by atoms with Gasteiger partial charge in [0.1, 0.15) is 0 Å². The predicted molar refractivity (Wildman–Crippen MR) is 26.7 cm³/mol. The van der Waals surface area contributed by atoms with Gasteiger partial charge in [-0.1, -0.05) is 0 Å². The van der Waals surface area contributed by atoms with E-state index in [9.17, 15) is 0 Å². The van der Waals surface area contributed by atoms with Crippen molar-refractivity contribution in [1.29, 1.82) is 0 Å². The van der Waals surface area contributed by atoms with E-state index in [0.717, 1.165) is 0 Å². The maximum Gasteiger partial charge on any atom is 4.00 e. The van der Waals surface area contributed by atoms with Crippen molar-refractivity contribution < 1.29 is 31.7 Å². The van der Waals surface area contributed by atoms with Gasteiger partial charge in [-0.3, -0.25) is 20.4 Å². The third-order valence-corrected chi connectivity index (χ3v) is 0. The molecular formula is C4H6CrO3. The van der Waals surface area contributed by atoms with Crippen LogP contribution in [0.2, 0.25) is 0 Å². The van der Waals surface area contributed by atoms with E-state index >= 15 is 0 Å². The number of carbonyl (C=O) groups excluding carboxylic acids is 3. The first kappa shape index (κ1) is 49.9. The van der Waals surface area contributed by atoms with Crippen LogP contribution in [0.1, 0.15) is 0 Å². The van der Waals surface area contributed by atoms with E-state index in [4.69, 9.17) is 14.4 Å². The molecule has 0 aromatic rings. The molecule has 0 saturated heterocycles. The van der Waals surface area contributed by atoms with Gasteiger partial charge in [-0.25, -0.2) is 0 Å². The molecule has 0 saturated carbocycles. The van der Waals surface area contributed by atoms with Crippen LogP contribution in [-0.4, -0.2) is 20.4 Å². The van der Waals surface area contributed by atoms with Crippen LogP contribution in [0.3, 0.4) is 0 Å². The predicted octanol–water partition coefficient (Wildman–Crippen LogP) is -0.375. The van der Waals surface area contributed by atoms with Gasteiger partial charge in [0, 0.05) is 0 Å². The van der Waals surface area contributed by atoms with Crippen molar-refractivity contribution in [2.75, 3.05) is 0 Å². The second-order valence-electron chi connectivity index (χ2n) is 0. The quantitative estimate of drug-likeness (QED) is 0.353. The molecule has 0 heterocycles. The van der Waals surface area contributed by atoms with Crippen molar-refractivity contribution in [2.45, 2.75) is 0 Å². The summed E-state index contributed by atoms with van der Waals surface area (Å²) in [6, 6.07) is 0. The van der Waals surface area contributed by atoms with Crippen LogP contribution in [0.4, 0.5) is 0 Å². The second kappa shape index (κ2) is 960. The van der Waals surface area contributed by atoms with Crippen molar-refractivity contribution in [3.63, 3.8) is 0 Å². The summed E-state index contributed by atoms with van der Waals surface area (Å²) in [5.41, 5.74) is 0. The van der Waals surface area contributed by atoms with Crippen LogP contribution >= 0.6 is 0 Å². The van der Waals surface area contributed by atoms with Gasteiger partial charge in [-0.2, -0.15) is 0 Å². The molecule has 46 valence electrons. The number of rotatable bonds is 0. The average Bonchev–Trinajstić information content (AvgIpc) is 1.81. The SMILES string of the molecule is [CH-]=O.[CH-]=O.[CH-]=O.[CH3-].[Cr+4]. The molecule has 3 nitrogen and oxygen atoms in total. The molecule has 0 aliphatic carbocycles. The molecule has 0 fully saturated rings. The third-order valence-electron chi connectivity index (χ3n) is 0. The molecule has 0 atom stereocenters. The van der Waals surface area contributed by atoms with Gasteiger partial charge in [0.15, 0.2) is 0 Å². The van der Waals surface area contributed by atoms with Crippen molar-refractivity contribution in [3.05, 3.63) is 7.43 Å². The van der Waals surface area contributed by atoms with Gasteiger partial charge >= 0.3 is 17.4 Å². The second-order valence-corrected chi connectivity index (χ2v) is 0. The molecule has 0 rings (SSSR count). The van der Waals surface area contributed by atoms with Crippen molar-refractivity contribution >= 4 is 20.4 Å². The zero-order valence-electron chi connectivity index (χ0n) is 4.37. The molecule has 0 bridgehead atoms. The number of hydrogen-bond donors (Lipinski definition) is 0. The van der Waals surface area contributed by atoms with E-state index in [0.29, 0.717) is 0 Å². The first-order valence-corrected chi connectivity index (χ1v) is 0.707. The van der Waals surface area contributed by atoms with Crippen LogP contribution in [0.15, 0.2) is 0 Å². The van der Waals surface area contributed by atoms with E-state index < -0.39 is 0 Å². The topological polar surface area (TPSA) is 51.2 Å². The molecule has 0 aromatic carbocycles. The maximum atomic E-state index is 7.75. The molecule has 0 aliphatic heterocycles. The molecule has 4 heteroatoms. The van der Waals surface area contributed by atoms with E-state index in [1.807, 2.05) is 0 Å². The summed E-state index contributed by atoms with van der Waals surface area (Å²) in [4.78, 5) is 23.2. The van der Waals surface area contributed by atoms with Crippen molar-refractivity contribution in [3.8, 4) is 0 Å². The van der Waals surface area contributed by atoms with Crippen LogP contribution < -0.4 is 0 Å². The fourth-order valence-corrected chi connectivity index (χ4v) is 0. The van der Waals surface area contributed by atoms with Crippen molar-refractivity contribution in [1.82, 2.24) is 0 Å². The Morgan fingerprint density at radius 1 is 0.625 bits per heavy atom. The molecular weight excluding hydrogens is 148 g/mol. The fraction of sp³-hybridized carbons (Fsp3) is 0. The molecule has 0 aliphatic rings. The van der Waals surface area contributed by atoms with Gasteiger partial charge in [-0.05, 0) is 0 Å². The van der Waals surface area contributed by atoms with E-state index in [2.05, 4.69) is 20.4 Å². The summed E-state index contributed by atoms with van der Waals surface area (Å²) in [5, 5.41) is 0. The molecule has 0 aromatic heterocycles. The van der Waals surface area contributed by atoms with E-state index in [-0.39, 0.29) is 24.8 Å². The summed E-state index contributed by atoms with van der Waals surface area (Å²) >= 11 is 0.